The van der Waals surface area contributed by atoms with Crippen LogP contribution in [0.1, 0.15) is 24.2 Å². The molecule has 5 heteroatoms. The smallest absolute Gasteiger partial charge is 0.229 e. The molecule has 124 valence electrons. The highest BCUT2D eigenvalue weighted by Crippen LogP contribution is 2.27. The second kappa shape index (κ2) is 5.82. The van der Waals surface area contributed by atoms with Crippen LogP contribution in [-0.2, 0) is 17.9 Å². The lowest BCUT2D eigenvalue weighted by Crippen LogP contribution is -2.29. The van der Waals surface area contributed by atoms with Gasteiger partial charge in [0, 0.05) is 37.4 Å². The number of amides is 1. The summed E-state index contributed by atoms with van der Waals surface area (Å²) in [5, 5.41) is 0. The van der Waals surface area contributed by atoms with E-state index in [-0.39, 0.29) is 5.91 Å². The Morgan fingerprint density at radius 3 is 2.62 bits per heavy atom. The van der Waals surface area contributed by atoms with Gasteiger partial charge in [-0.05, 0) is 44.5 Å². The van der Waals surface area contributed by atoms with Gasteiger partial charge in [0.2, 0.25) is 11.9 Å². The van der Waals surface area contributed by atoms with Gasteiger partial charge in [0.05, 0.1) is 11.0 Å². The van der Waals surface area contributed by atoms with E-state index in [1.165, 1.54) is 11.4 Å². The van der Waals surface area contributed by atoms with Gasteiger partial charge in [-0.25, -0.2) is 4.98 Å². The van der Waals surface area contributed by atoms with Gasteiger partial charge in [-0.2, -0.15) is 0 Å². The van der Waals surface area contributed by atoms with Gasteiger partial charge in [0.1, 0.15) is 0 Å². The molecule has 0 aliphatic carbocycles. The highest BCUT2D eigenvalue weighted by Gasteiger charge is 2.27. The van der Waals surface area contributed by atoms with Crippen LogP contribution in [0.4, 0.5) is 5.95 Å². The van der Waals surface area contributed by atoms with Crippen LogP contribution in [0, 0.1) is 13.8 Å². The first-order valence-electron chi connectivity index (χ1n) is 8.53. The number of aryl methyl sites for hydroxylation is 2. The minimum absolute atomic E-state index is 0.173. The molecule has 0 N–H and O–H groups in total. The second-order valence-corrected chi connectivity index (χ2v) is 6.47. The minimum atomic E-state index is 0.173. The van der Waals surface area contributed by atoms with Crippen molar-refractivity contribution in [2.45, 2.75) is 39.8 Å². The van der Waals surface area contributed by atoms with Crippen LogP contribution in [0.5, 0.6) is 0 Å². The fraction of sp³-hybridized carbons (Fsp3) is 0.368. The lowest BCUT2D eigenvalue weighted by atomic mass is 10.2. The summed E-state index contributed by atoms with van der Waals surface area (Å²) in [5.41, 5.74) is 4.58. The number of imidazole rings is 1. The lowest BCUT2D eigenvalue weighted by Gasteiger charge is -2.14. The van der Waals surface area contributed by atoms with Crippen molar-refractivity contribution in [3.8, 4) is 0 Å². The van der Waals surface area contributed by atoms with Crippen LogP contribution < -0.4 is 4.90 Å². The van der Waals surface area contributed by atoms with Crippen molar-refractivity contribution < 1.29 is 4.79 Å². The fourth-order valence-electron chi connectivity index (χ4n) is 3.60. The zero-order valence-electron chi connectivity index (χ0n) is 14.2. The number of rotatable bonds is 4. The van der Waals surface area contributed by atoms with Crippen molar-refractivity contribution in [1.82, 2.24) is 14.1 Å². The maximum absolute atomic E-state index is 12.6. The van der Waals surface area contributed by atoms with E-state index in [1.54, 1.807) is 0 Å². The summed E-state index contributed by atoms with van der Waals surface area (Å²) < 4.78 is 4.42. The Morgan fingerprint density at radius 2 is 1.83 bits per heavy atom. The third-order valence-electron chi connectivity index (χ3n) is 4.91. The van der Waals surface area contributed by atoms with E-state index in [2.05, 4.69) is 46.2 Å². The maximum Gasteiger partial charge on any atom is 0.229 e. The Balaban J connectivity index is 1.45. The molecule has 0 spiro atoms. The first-order valence-corrected chi connectivity index (χ1v) is 8.53. The predicted molar refractivity (Wildman–Crippen MR) is 95.2 cm³/mol. The number of anilines is 1. The van der Waals surface area contributed by atoms with E-state index in [9.17, 15) is 4.79 Å². The van der Waals surface area contributed by atoms with Crippen LogP contribution in [0.25, 0.3) is 11.0 Å². The van der Waals surface area contributed by atoms with Crippen LogP contribution in [0.15, 0.2) is 36.4 Å². The van der Waals surface area contributed by atoms with Crippen molar-refractivity contribution in [3.63, 3.8) is 0 Å². The normalized spacial score (nSPS) is 13.7. The summed E-state index contributed by atoms with van der Waals surface area (Å²) in [5.74, 6) is 0.973. The summed E-state index contributed by atoms with van der Waals surface area (Å²) in [7, 11) is 0. The summed E-state index contributed by atoms with van der Waals surface area (Å²) in [6, 6.07) is 12.3. The fourth-order valence-corrected chi connectivity index (χ4v) is 3.60. The van der Waals surface area contributed by atoms with E-state index < -0.39 is 0 Å². The molecule has 1 amide bonds. The molecule has 0 bridgehead atoms. The molecular formula is C19H22N4O. The van der Waals surface area contributed by atoms with Gasteiger partial charge in [0.15, 0.2) is 0 Å². The number of nitrogens with zero attached hydrogens (tertiary/aromatic N) is 4. The van der Waals surface area contributed by atoms with Gasteiger partial charge >= 0.3 is 0 Å². The van der Waals surface area contributed by atoms with Crippen LogP contribution in [-0.4, -0.2) is 26.6 Å². The third kappa shape index (κ3) is 2.40. The highest BCUT2D eigenvalue weighted by atomic mass is 16.2. The van der Waals surface area contributed by atoms with Crippen molar-refractivity contribution in [3.05, 3.63) is 47.8 Å². The summed E-state index contributed by atoms with van der Waals surface area (Å²) in [6.45, 7) is 6.67. The first kappa shape index (κ1) is 15.0. The van der Waals surface area contributed by atoms with Crippen molar-refractivity contribution in [2.24, 2.45) is 0 Å². The number of carbonyl (C=O) groups excluding carboxylic acids is 1. The summed E-state index contributed by atoms with van der Waals surface area (Å²) >= 11 is 0. The Kier molecular flexibility index (Phi) is 3.63. The molecule has 5 nitrogen and oxygen atoms in total. The Morgan fingerprint density at radius 1 is 1.08 bits per heavy atom. The zero-order valence-corrected chi connectivity index (χ0v) is 14.2. The molecule has 1 aliphatic heterocycles. The molecule has 2 aromatic heterocycles. The average molecular weight is 322 g/mol. The predicted octanol–water partition coefficient (Wildman–Crippen LogP) is 3.28. The Bertz CT molecular complexity index is 886. The number of aromatic nitrogens is 3. The highest BCUT2D eigenvalue weighted by molar-refractivity contribution is 5.94. The number of hydrogen-bond acceptors (Lipinski definition) is 2. The van der Waals surface area contributed by atoms with E-state index in [0.29, 0.717) is 6.42 Å². The molecule has 0 unspecified atom stereocenters. The largest absolute Gasteiger partial charge is 0.349 e. The summed E-state index contributed by atoms with van der Waals surface area (Å²) in [4.78, 5) is 19.1. The van der Waals surface area contributed by atoms with E-state index in [0.717, 1.165) is 43.0 Å². The van der Waals surface area contributed by atoms with E-state index in [1.807, 2.05) is 23.1 Å². The quantitative estimate of drug-likeness (QED) is 0.740. The van der Waals surface area contributed by atoms with Gasteiger partial charge in [0.25, 0.3) is 0 Å². The molecule has 1 aliphatic rings. The lowest BCUT2D eigenvalue weighted by molar-refractivity contribution is -0.118. The molecule has 24 heavy (non-hydrogen) atoms. The molecular weight excluding hydrogens is 300 g/mol. The molecule has 1 aromatic carbocycles. The first-order chi connectivity index (χ1) is 11.6. The van der Waals surface area contributed by atoms with Crippen LogP contribution >= 0.6 is 0 Å². The summed E-state index contributed by atoms with van der Waals surface area (Å²) in [6.07, 6.45) is 1.41. The minimum Gasteiger partial charge on any atom is -0.349 e. The number of hydrogen-bond donors (Lipinski definition) is 0. The van der Waals surface area contributed by atoms with Gasteiger partial charge in [-0.15, -0.1) is 0 Å². The Labute approximate surface area is 141 Å². The van der Waals surface area contributed by atoms with Crippen molar-refractivity contribution in [2.75, 3.05) is 11.4 Å². The molecule has 0 atom stereocenters. The Hall–Kier alpha value is -2.56. The zero-order chi connectivity index (χ0) is 16.7. The van der Waals surface area contributed by atoms with Gasteiger partial charge < -0.3 is 9.13 Å². The molecule has 3 aromatic rings. The second-order valence-electron chi connectivity index (χ2n) is 6.47. The standard InChI is InChI=1S/C19H22N4O/c1-14-9-10-15(2)21(14)11-5-8-18(24)23-13-12-22-17-7-4-3-6-16(17)20-19(22)23/h3-4,6-7,9-10H,5,8,11-13H2,1-2H3. The van der Waals surface area contributed by atoms with Gasteiger partial charge in [-0.1, -0.05) is 12.1 Å². The monoisotopic (exact) mass is 322 g/mol. The number of benzene rings is 1. The van der Waals surface area contributed by atoms with Crippen molar-refractivity contribution in [1.29, 1.82) is 0 Å². The number of para-hydroxylation sites is 2. The average Bonchev–Trinajstić information content (AvgIpc) is 3.23. The third-order valence-corrected chi connectivity index (χ3v) is 4.91. The molecule has 0 fully saturated rings. The van der Waals surface area contributed by atoms with Crippen molar-refractivity contribution >= 4 is 22.9 Å². The van der Waals surface area contributed by atoms with E-state index in [4.69, 9.17) is 0 Å². The molecule has 0 saturated heterocycles. The molecule has 3 heterocycles. The maximum atomic E-state index is 12.6. The molecule has 0 saturated carbocycles. The SMILES string of the molecule is Cc1ccc(C)n1CCCC(=O)N1CCn2c1nc1ccccc12. The van der Waals surface area contributed by atoms with E-state index >= 15 is 0 Å². The van der Waals surface area contributed by atoms with Crippen LogP contribution in [0.3, 0.4) is 0 Å². The molecule has 0 radical (unpaired) electrons. The number of fused-ring (bicyclic) bond motifs is 3. The van der Waals surface area contributed by atoms with Gasteiger partial charge in [-0.3, -0.25) is 9.69 Å². The number of carbonyl (C=O) groups is 1. The topological polar surface area (TPSA) is 43.1 Å². The van der Waals surface area contributed by atoms with Crippen LogP contribution in [0.2, 0.25) is 0 Å². The molecule has 4 rings (SSSR count).